The van der Waals surface area contributed by atoms with Gasteiger partial charge in [0.15, 0.2) is 11.5 Å². The van der Waals surface area contributed by atoms with Crippen LogP contribution in [0.5, 0.6) is 11.5 Å². The van der Waals surface area contributed by atoms with Crippen LogP contribution in [0.2, 0.25) is 0 Å². The Kier molecular flexibility index (Phi) is 5.20. The number of hydrogen-bond donors (Lipinski definition) is 1. The second-order valence-corrected chi connectivity index (χ2v) is 4.82. The first-order valence-electron chi connectivity index (χ1n) is 6.97. The Balaban J connectivity index is 2.52. The molecule has 0 amide bonds. The molecule has 5 heteroatoms. The van der Waals surface area contributed by atoms with Gasteiger partial charge in [0.1, 0.15) is 5.82 Å². The molecule has 2 rings (SSSR count). The van der Waals surface area contributed by atoms with E-state index in [9.17, 15) is 4.39 Å². The zero-order chi connectivity index (χ0) is 14.5. The second-order valence-electron chi connectivity index (χ2n) is 4.82. The fourth-order valence-electron chi connectivity index (χ4n) is 2.59. The van der Waals surface area contributed by atoms with Gasteiger partial charge in [0.25, 0.3) is 0 Å². The molecule has 0 fully saturated rings. The molecule has 1 unspecified atom stereocenters. The van der Waals surface area contributed by atoms with Crippen molar-refractivity contribution in [2.75, 3.05) is 34.0 Å². The van der Waals surface area contributed by atoms with Crippen molar-refractivity contribution < 1.29 is 18.6 Å². The number of benzene rings is 1. The molecule has 112 valence electrons. The van der Waals surface area contributed by atoms with E-state index in [2.05, 4.69) is 12.2 Å². The molecule has 1 aromatic rings. The summed E-state index contributed by atoms with van der Waals surface area (Å²) in [7, 11) is 3.10. The fraction of sp³-hybridized carbons (Fsp3) is 0.600. The van der Waals surface area contributed by atoms with E-state index in [1.54, 1.807) is 7.11 Å². The van der Waals surface area contributed by atoms with Crippen molar-refractivity contribution in [3.8, 4) is 11.5 Å². The highest BCUT2D eigenvalue weighted by atomic mass is 19.1. The van der Waals surface area contributed by atoms with Crippen molar-refractivity contribution in [1.29, 1.82) is 0 Å². The average Bonchev–Trinajstić information content (AvgIpc) is 2.68. The monoisotopic (exact) mass is 283 g/mol. The Labute approximate surface area is 119 Å². The highest BCUT2D eigenvalue weighted by Crippen LogP contribution is 2.40. The molecular formula is C15H22FNO3. The summed E-state index contributed by atoms with van der Waals surface area (Å²) in [5.74, 6) is 0.767. The molecule has 0 spiro atoms. The molecule has 4 nitrogen and oxygen atoms in total. The van der Waals surface area contributed by atoms with Crippen molar-refractivity contribution in [3.63, 3.8) is 0 Å². The van der Waals surface area contributed by atoms with Gasteiger partial charge in [-0.05, 0) is 24.9 Å². The largest absolute Gasteiger partial charge is 0.493 e. The van der Waals surface area contributed by atoms with Gasteiger partial charge in [-0.25, -0.2) is 4.39 Å². The Morgan fingerprint density at radius 1 is 1.40 bits per heavy atom. The quantitative estimate of drug-likeness (QED) is 0.901. The lowest BCUT2D eigenvalue weighted by Crippen LogP contribution is -2.26. The van der Waals surface area contributed by atoms with Crippen LogP contribution in [0, 0.1) is 5.82 Å². The lowest BCUT2D eigenvalue weighted by atomic mass is 9.96. The van der Waals surface area contributed by atoms with Gasteiger partial charge in [-0.2, -0.15) is 0 Å². The Bertz CT molecular complexity index is 465. The first-order chi connectivity index (χ1) is 9.72. The van der Waals surface area contributed by atoms with Crippen molar-refractivity contribution in [2.45, 2.75) is 25.8 Å². The first kappa shape index (κ1) is 15.1. The summed E-state index contributed by atoms with van der Waals surface area (Å²) in [4.78, 5) is 0. The van der Waals surface area contributed by atoms with Gasteiger partial charge in [-0.3, -0.25) is 0 Å². The van der Waals surface area contributed by atoms with E-state index in [-0.39, 0.29) is 11.9 Å². The van der Waals surface area contributed by atoms with Crippen molar-refractivity contribution in [1.82, 2.24) is 5.32 Å². The van der Waals surface area contributed by atoms with E-state index in [1.807, 2.05) is 0 Å². The van der Waals surface area contributed by atoms with Gasteiger partial charge >= 0.3 is 0 Å². The molecule has 1 aromatic carbocycles. The molecule has 1 aliphatic rings. The smallest absolute Gasteiger partial charge is 0.166 e. The summed E-state index contributed by atoms with van der Waals surface area (Å²) in [5.41, 5.74) is 1.49. The number of ether oxygens (including phenoxy) is 3. The number of methoxy groups -OCH3 is 2. The molecule has 1 atom stereocenters. The van der Waals surface area contributed by atoms with E-state index in [4.69, 9.17) is 14.2 Å². The molecule has 0 bridgehead atoms. The molecular weight excluding hydrogens is 261 g/mol. The van der Waals surface area contributed by atoms with Gasteiger partial charge < -0.3 is 19.5 Å². The van der Waals surface area contributed by atoms with Crippen LogP contribution in [-0.2, 0) is 11.2 Å². The summed E-state index contributed by atoms with van der Waals surface area (Å²) in [6.45, 7) is 3.96. The summed E-state index contributed by atoms with van der Waals surface area (Å²) < 4.78 is 30.6. The minimum absolute atomic E-state index is 0.0769. The van der Waals surface area contributed by atoms with Crippen LogP contribution >= 0.6 is 0 Å². The molecule has 0 saturated carbocycles. The van der Waals surface area contributed by atoms with Crippen molar-refractivity contribution >= 4 is 0 Å². The third-order valence-electron chi connectivity index (χ3n) is 3.53. The third-order valence-corrected chi connectivity index (χ3v) is 3.53. The van der Waals surface area contributed by atoms with E-state index in [1.165, 1.54) is 13.2 Å². The van der Waals surface area contributed by atoms with Crippen LogP contribution in [0.4, 0.5) is 4.39 Å². The van der Waals surface area contributed by atoms with Crippen LogP contribution in [0.15, 0.2) is 6.07 Å². The predicted molar refractivity (Wildman–Crippen MR) is 75.1 cm³/mol. The highest BCUT2D eigenvalue weighted by molar-refractivity contribution is 5.53. The molecule has 20 heavy (non-hydrogen) atoms. The maximum atomic E-state index is 14.3. The minimum Gasteiger partial charge on any atom is -0.493 e. The van der Waals surface area contributed by atoms with E-state index in [0.717, 1.165) is 18.5 Å². The van der Waals surface area contributed by atoms with Gasteiger partial charge in [0.2, 0.25) is 0 Å². The summed E-state index contributed by atoms with van der Waals surface area (Å²) in [5, 5.41) is 3.39. The summed E-state index contributed by atoms with van der Waals surface area (Å²) >= 11 is 0. The van der Waals surface area contributed by atoms with E-state index in [0.29, 0.717) is 36.7 Å². The number of hydrogen-bond acceptors (Lipinski definition) is 4. The van der Waals surface area contributed by atoms with Gasteiger partial charge in [-0.1, -0.05) is 6.92 Å². The second kappa shape index (κ2) is 6.90. The van der Waals surface area contributed by atoms with Gasteiger partial charge in [0, 0.05) is 11.6 Å². The lowest BCUT2D eigenvalue weighted by molar-refractivity contribution is 0.121. The van der Waals surface area contributed by atoms with Crippen LogP contribution in [0.3, 0.4) is 0 Å². The standard InChI is InChI=1S/C15H22FNO3/c1-4-6-17-12-9-20-7-5-10-11(16)8-13(18-2)15(19-3)14(10)12/h8,12,17H,4-7,9H2,1-3H3. The summed E-state index contributed by atoms with van der Waals surface area (Å²) in [6.07, 6.45) is 1.55. The van der Waals surface area contributed by atoms with Crippen LogP contribution in [0.1, 0.15) is 30.5 Å². The van der Waals surface area contributed by atoms with Gasteiger partial charge in [0.05, 0.1) is 33.5 Å². The number of fused-ring (bicyclic) bond motifs is 1. The molecule has 1 N–H and O–H groups in total. The van der Waals surface area contributed by atoms with Crippen molar-refractivity contribution in [3.05, 3.63) is 23.0 Å². The SMILES string of the molecule is CCCNC1COCCc2c(F)cc(OC)c(OC)c21. The molecule has 1 heterocycles. The predicted octanol–water partition coefficient (Wildman–Crippen LogP) is 2.46. The topological polar surface area (TPSA) is 39.7 Å². The zero-order valence-corrected chi connectivity index (χ0v) is 12.3. The van der Waals surface area contributed by atoms with Crippen LogP contribution in [0.25, 0.3) is 0 Å². The highest BCUT2D eigenvalue weighted by Gasteiger charge is 2.28. The van der Waals surface area contributed by atoms with Crippen LogP contribution < -0.4 is 14.8 Å². The third kappa shape index (κ3) is 2.88. The van der Waals surface area contributed by atoms with Gasteiger partial charge in [-0.15, -0.1) is 0 Å². The van der Waals surface area contributed by atoms with Crippen molar-refractivity contribution in [2.24, 2.45) is 0 Å². The van der Waals surface area contributed by atoms with E-state index < -0.39 is 0 Å². The molecule has 0 aromatic heterocycles. The number of rotatable bonds is 5. The zero-order valence-electron chi connectivity index (χ0n) is 12.3. The molecule has 0 radical (unpaired) electrons. The summed E-state index contributed by atoms with van der Waals surface area (Å²) in [6, 6.07) is 1.31. The molecule has 1 aliphatic heterocycles. The normalized spacial score (nSPS) is 18.3. The Morgan fingerprint density at radius 3 is 2.85 bits per heavy atom. The average molecular weight is 283 g/mol. The number of halogens is 1. The number of nitrogens with one attached hydrogen (secondary N) is 1. The molecule has 0 saturated heterocycles. The fourth-order valence-corrected chi connectivity index (χ4v) is 2.59. The first-order valence-corrected chi connectivity index (χ1v) is 6.97. The van der Waals surface area contributed by atoms with Crippen LogP contribution in [-0.4, -0.2) is 34.0 Å². The Hall–Kier alpha value is -1.33. The maximum Gasteiger partial charge on any atom is 0.166 e. The minimum atomic E-state index is -0.258. The maximum absolute atomic E-state index is 14.3. The van der Waals surface area contributed by atoms with E-state index >= 15 is 0 Å². The Morgan fingerprint density at radius 2 is 2.20 bits per heavy atom. The lowest BCUT2D eigenvalue weighted by Gasteiger charge is -2.23. The molecule has 0 aliphatic carbocycles.